The number of aromatic amines is 1. The molecule has 3 aromatic heterocycles. The van der Waals surface area contributed by atoms with E-state index in [1.54, 1.807) is 30.6 Å². The van der Waals surface area contributed by atoms with Gasteiger partial charge in [-0.1, -0.05) is 12.1 Å². The first-order valence-corrected chi connectivity index (χ1v) is 10.4. The molecule has 0 unspecified atom stereocenters. The number of hydrogen-bond acceptors (Lipinski definition) is 8. The monoisotopic (exact) mass is 475 g/mol. The molecule has 12 heteroatoms. The number of benzene rings is 1. The normalized spacial score (nSPS) is 12.0. The van der Waals surface area contributed by atoms with Crippen LogP contribution in [0.1, 0.15) is 32.0 Å². The number of nitrogens with one attached hydrogen (secondary N) is 3. The second kappa shape index (κ2) is 10.4. The third-order valence-corrected chi connectivity index (χ3v) is 5.00. The van der Waals surface area contributed by atoms with Crippen molar-refractivity contribution in [3.63, 3.8) is 0 Å². The molecule has 12 nitrogen and oxygen atoms in total. The molecule has 1 aromatic carbocycles. The van der Waals surface area contributed by atoms with E-state index in [0.717, 1.165) is 17.5 Å². The lowest BCUT2D eigenvalue weighted by Crippen LogP contribution is -2.26. The molecule has 0 bridgehead atoms. The van der Waals surface area contributed by atoms with Gasteiger partial charge < -0.3 is 31.2 Å². The van der Waals surface area contributed by atoms with Crippen molar-refractivity contribution in [3.8, 4) is 5.75 Å². The number of anilines is 1. The second-order valence-corrected chi connectivity index (χ2v) is 7.37. The summed E-state index contributed by atoms with van der Waals surface area (Å²) in [5, 5.41) is 14.6. The number of carboxylic acid groups (broad SMARTS) is 1. The van der Waals surface area contributed by atoms with Gasteiger partial charge in [0.15, 0.2) is 12.3 Å². The number of nitrogens with zero attached hydrogens (tertiary/aromatic N) is 3. The molecule has 0 radical (unpaired) electrons. The van der Waals surface area contributed by atoms with Crippen molar-refractivity contribution in [2.45, 2.75) is 13.1 Å². The lowest BCUT2D eigenvalue weighted by Gasteiger charge is -2.18. The Morgan fingerprint density at radius 3 is 2.77 bits per heavy atom. The first kappa shape index (κ1) is 23.3. The fourth-order valence-electron chi connectivity index (χ4n) is 3.30. The zero-order valence-corrected chi connectivity index (χ0v) is 18.3. The van der Waals surface area contributed by atoms with Crippen LogP contribution < -0.4 is 21.1 Å². The third-order valence-electron chi connectivity index (χ3n) is 5.00. The van der Waals surface area contributed by atoms with E-state index < -0.39 is 11.9 Å². The van der Waals surface area contributed by atoms with Crippen molar-refractivity contribution in [1.29, 1.82) is 0 Å². The Balaban J connectivity index is 0.000000308. The van der Waals surface area contributed by atoms with E-state index in [0.29, 0.717) is 18.0 Å². The number of amides is 2. The highest BCUT2D eigenvalue weighted by molar-refractivity contribution is 6.08. The van der Waals surface area contributed by atoms with Crippen molar-refractivity contribution in [2.24, 2.45) is 5.73 Å². The summed E-state index contributed by atoms with van der Waals surface area (Å²) in [5.74, 6) is -1.31. The number of fused-ring (bicyclic) bond motifs is 2. The molecule has 0 saturated carbocycles. The highest BCUT2D eigenvalue weighted by atomic mass is 16.5. The fraction of sp³-hybridized carbons (Fsp3) is 0.130. The minimum absolute atomic E-state index is 0.0265. The Kier molecular flexibility index (Phi) is 6.93. The van der Waals surface area contributed by atoms with Gasteiger partial charge in [0.1, 0.15) is 23.2 Å². The van der Waals surface area contributed by atoms with Crippen molar-refractivity contribution < 1.29 is 24.2 Å². The summed E-state index contributed by atoms with van der Waals surface area (Å²) in [7, 11) is 0. The molecule has 35 heavy (non-hydrogen) atoms. The van der Waals surface area contributed by atoms with Crippen molar-refractivity contribution in [1.82, 2.24) is 25.3 Å². The van der Waals surface area contributed by atoms with Crippen LogP contribution in [0.3, 0.4) is 0 Å². The van der Waals surface area contributed by atoms with Crippen LogP contribution in [0.4, 0.5) is 5.69 Å². The molecule has 1 aliphatic heterocycles. The van der Waals surface area contributed by atoms with E-state index in [2.05, 4.69) is 30.6 Å². The number of carbonyl (C=O) groups excluding carboxylic acids is 2. The van der Waals surface area contributed by atoms with Crippen LogP contribution in [-0.2, 0) is 17.9 Å². The van der Waals surface area contributed by atoms with E-state index >= 15 is 0 Å². The van der Waals surface area contributed by atoms with Gasteiger partial charge >= 0.3 is 5.97 Å². The number of aromatic nitrogens is 4. The molecular weight excluding hydrogens is 454 g/mol. The number of ether oxygens (including phenoxy) is 1. The Morgan fingerprint density at radius 1 is 1.20 bits per heavy atom. The maximum atomic E-state index is 12.5. The van der Waals surface area contributed by atoms with Gasteiger partial charge in [-0.15, -0.1) is 0 Å². The maximum Gasteiger partial charge on any atom is 0.339 e. The summed E-state index contributed by atoms with van der Waals surface area (Å²) in [4.78, 5) is 49.6. The van der Waals surface area contributed by atoms with Gasteiger partial charge in [0.05, 0.1) is 11.2 Å². The van der Waals surface area contributed by atoms with Gasteiger partial charge in [-0.2, -0.15) is 0 Å². The molecule has 2 amide bonds. The molecule has 4 aromatic rings. The molecule has 4 heterocycles. The number of carbonyl (C=O) groups is 3. The summed E-state index contributed by atoms with van der Waals surface area (Å²) in [6.07, 6.45) is 5.91. The largest absolute Gasteiger partial charge is 0.482 e. The average Bonchev–Trinajstić information content (AvgIpc) is 3.32. The summed E-state index contributed by atoms with van der Waals surface area (Å²) in [6.45, 7) is 0.731. The number of H-pyrrole nitrogens is 1. The first-order valence-electron chi connectivity index (χ1n) is 10.4. The number of carboxylic acids is 1. The Morgan fingerprint density at radius 2 is 2.06 bits per heavy atom. The number of aromatic carboxylic acids is 1. The fourth-order valence-corrected chi connectivity index (χ4v) is 3.30. The molecule has 5 rings (SSSR count). The van der Waals surface area contributed by atoms with Crippen LogP contribution in [0, 0.1) is 0 Å². The van der Waals surface area contributed by atoms with Crippen LogP contribution in [0.15, 0.2) is 55.2 Å². The zero-order chi connectivity index (χ0) is 24.8. The van der Waals surface area contributed by atoms with Crippen LogP contribution in [0.2, 0.25) is 0 Å². The summed E-state index contributed by atoms with van der Waals surface area (Å²) in [5.41, 5.74) is 8.09. The van der Waals surface area contributed by atoms with Gasteiger partial charge in [-0.3, -0.25) is 14.6 Å². The molecule has 178 valence electrons. The molecule has 0 saturated heterocycles. The highest BCUT2D eigenvalue weighted by Crippen LogP contribution is 2.28. The summed E-state index contributed by atoms with van der Waals surface area (Å²) >= 11 is 0. The number of pyridine rings is 1. The van der Waals surface area contributed by atoms with Crippen molar-refractivity contribution >= 4 is 34.5 Å². The van der Waals surface area contributed by atoms with E-state index in [4.69, 9.17) is 15.6 Å². The zero-order valence-electron chi connectivity index (χ0n) is 18.3. The van der Waals surface area contributed by atoms with E-state index in [9.17, 15) is 14.4 Å². The van der Waals surface area contributed by atoms with Crippen LogP contribution in [0.25, 0.3) is 11.0 Å². The minimum Gasteiger partial charge on any atom is -0.482 e. The highest BCUT2D eigenvalue weighted by Gasteiger charge is 2.20. The summed E-state index contributed by atoms with van der Waals surface area (Å²) in [6, 6.07) is 9.02. The third kappa shape index (κ3) is 5.39. The Labute approximate surface area is 198 Å². The van der Waals surface area contributed by atoms with E-state index in [1.165, 1.54) is 6.20 Å². The van der Waals surface area contributed by atoms with E-state index in [1.807, 2.05) is 12.1 Å². The van der Waals surface area contributed by atoms with Gasteiger partial charge in [0.2, 0.25) is 0 Å². The molecule has 1 aliphatic rings. The van der Waals surface area contributed by atoms with Gasteiger partial charge in [0, 0.05) is 31.7 Å². The van der Waals surface area contributed by atoms with Gasteiger partial charge in [-0.05, 0) is 29.3 Å². The average molecular weight is 475 g/mol. The topological polar surface area (TPSA) is 185 Å². The summed E-state index contributed by atoms with van der Waals surface area (Å²) < 4.78 is 5.29. The Hall–Kier alpha value is -4.84. The SMILES string of the molecule is NCc1cccnc1.O=C1COc2ccc(CNC(=O)c3ncnc4c(C(=O)O)c[nH]c34)cc2N1. The lowest BCUT2D eigenvalue weighted by atomic mass is 10.1. The second-order valence-electron chi connectivity index (χ2n) is 7.37. The maximum absolute atomic E-state index is 12.5. The molecule has 0 spiro atoms. The molecule has 0 atom stereocenters. The lowest BCUT2D eigenvalue weighted by molar-refractivity contribution is -0.118. The number of hydrogen-bond donors (Lipinski definition) is 5. The Bertz CT molecular complexity index is 1390. The van der Waals surface area contributed by atoms with Gasteiger partial charge in [-0.25, -0.2) is 14.8 Å². The standard InChI is InChI=1S/C17H13N5O5.C6H8N2/c23-12-6-27-11-2-1-8(3-10(11)22-12)4-19-16(24)15-14-13(20-7-21-15)9(5-18-14)17(25)26;7-4-6-2-1-3-8-5-6/h1-3,5,7,18H,4,6H2,(H,19,24)(H,22,23)(H,25,26);1-3,5H,4,7H2. The van der Waals surface area contributed by atoms with Crippen LogP contribution in [-0.4, -0.2) is 49.4 Å². The smallest absolute Gasteiger partial charge is 0.339 e. The van der Waals surface area contributed by atoms with Crippen LogP contribution in [0.5, 0.6) is 5.75 Å². The van der Waals surface area contributed by atoms with Gasteiger partial charge in [0.25, 0.3) is 11.8 Å². The predicted molar refractivity (Wildman–Crippen MR) is 125 cm³/mol. The van der Waals surface area contributed by atoms with Crippen LogP contribution >= 0.6 is 0 Å². The molecule has 0 aliphatic carbocycles. The molecule has 0 fully saturated rings. The van der Waals surface area contributed by atoms with E-state index in [-0.39, 0.29) is 41.3 Å². The predicted octanol–water partition coefficient (Wildman–Crippen LogP) is 1.46. The first-order chi connectivity index (χ1) is 17.0. The number of nitrogens with two attached hydrogens (primary N) is 1. The number of rotatable bonds is 5. The molecular formula is C23H21N7O5. The molecule has 6 N–H and O–H groups in total. The minimum atomic E-state index is -1.15. The quantitative estimate of drug-likeness (QED) is 0.285. The van der Waals surface area contributed by atoms with Crippen molar-refractivity contribution in [3.05, 3.63) is 77.6 Å². The van der Waals surface area contributed by atoms with Crippen molar-refractivity contribution in [2.75, 3.05) is 11.9 Å².